The molecule has 0 fully saturated rings. The standard InChI is InChI=1S/C13H15N5O2/c1-3-20-13(19)11-9(2)16-18-12(11)17-15-8-10-4-6-14-7-5-10/h4-8H,3H2,1-2H3,(H2,16,17,18)/b15-8-. The Morgan fingerprint density at radius 1 is 1.50 bits per heavy atom. The maximum atomic E-state index is 11.8. The number of hydrogen-bond acceptors (Lipinski definition) is 6. The van der Waals surface area contributed by atoms with E-state index in [-0.39, 0.29) is 0 Å². The number of rotatable bonds is 5. The van der Waals surface area contributed by atoms with Gasteiger partial charge in [0.2, 0.25) is 0 Å². The Labute approximate surface area is 116 Å². The Bertz CT molecular complexity index is 606. The van der Waals surface area contributed by atoms with Crippen LogP contribution in [0.1, 0.15) is 28.5 Å². The zero-order chi connectivity index (χ0) is 14.4. The molecule has 0 aliphatic rings. The molecule has 7 nitrogen and oxygen atoms in total. The maximum Gasteiger partial charge on any atom is 0.343 e. The van der Waals surface area contributed by atoms with Gasteiger partial charge in [-0.3, -0.25) is 15.5 Å². The molecule has 0 saturated carbocycles. The number of nitrogens with one attached hydrogen (secondary N) is 2. The number of anilines is 1. The normalized spacial score (nSPS) is 10.7. The number of H-pyrrole nitrogens is 1. The maximum absolute atomic E-state index is 11.8. The van der Waals surface area contributed by atoms with Crippen LogP contribution in [-0.4, -0.2) is 34.0 Å². The summed E-state index contributed by atoms with van der Waals surface area (Å²) in [5, 5.41) is 10.8. The van der Waals surface area contributed by atoms with Gasteiger partial charge in [-0.15, -0.1) is 0 Å². The Hall–Kier alpha value is -2.70. The molecular formula is C13H15N5O2. The average molecular weight is 273 g/mol. The molecule has 0 radical (unpaired) electrons. The van der Waals surface area contributed by atoms with Crippen LogP contribution in [0.15, 0.2) is 29.6 Å². The molecule has 0 saturated heterocycles. The number of hydrazone groups is 1. The van der Waals surface area contributed by atoms with Gasteiger partial charge < -0.3 is 4.74 Å². The first-order valence-electron chi connectivity index (χ1n) is 6.13. The van der Waals surface area contributed by atoms with Gasteiger partial charge in [0, 0.05) is 18.1 Å². The highest BCUT2D eigenvalue weighted by Crippen LogP contribution is 2.17. The second kappa shape index (κ2) is 6.46. The van der Waals surface area contributed by atoms with Gasteiger partial charge in [0.05, 0.1) is 12.8 Å². The number of carbonyl (C=O) groups excluding carboxylic acids is 1. The van der Waals surface area contributed by atoms with Crippen molar-refractivity contribution < 1.29 is 9.53 Å². The summed E-state index contributed by atoms with van der Waals surface area (Å²) in [6.07, 6.45) is 4.95. The predicted octanol–water partition coefficient (Wildman–Crippen LogP) is 1.74. The van der Waals surface area contributed by atoms with E-state index in [1.165, 1.54) is 0 Å². The topological polar surface area (TPSA) is 92.3 Å². The van der Waals surface area contributed by atoms with Crippen molar-refractivity contribution in [2.24, 2.45) is 5.10 Å². The smallest absolute Gasteiger partial charge is 0.343 e. The van der Waals surface area contributed by atoms with Crippen molar-refractivity contribution in [1.82, 2.24) is 15.2 Å². The first-order valence-corrected chi connectivity index (χ1v) is 6.13. The lowest BCUT2D eigenvalue weighted by Crippen LogP contribution is -2.08. The Morgan fingerprint density at radius 3 is 2.95 bits per heavy atom. The number of aromatic amines is 1. The molecule has 0 aliphatic carbocycles. The van der Waals surface area contributed by atoms with Crippen molar-refractivity contribution in [3.8, 4) is 0 Å². The van der Waals surface area contributed by atoms with Crippen molar-refractivity contribution >= 4 is 18.0 Å². The number of hydrogen-bond donors (Lipinski definition) is 2. The largest absolute Gasteiger partial charge is 0.462 e. The third-order valence-corrected chi connectivity index (χ3v) is 2.52. The molecule has 2 heterocycles. The summed E-state index contributed by atoms with van der Waals surface area (Å²) in [5.74, 6) is -0.0911. The van der Waals surface area contributed by atoms with Crippen LogP contribution in [0.3, 0.4) is 0 Å². The number of esters is 1. The average Bonchev–Trinajstić information content (AvgIpc) is 2.81. The molecule has 0 aliphatic heterocycles. The predicted molar refractivity (Wildman–Crippen MR) is 74.7 cm³/mol. The molecule has 0 unspecified atom stereocenters. The molecule has 7 heteroatoms. The fourth-order valence-electron chi connectivity index (χ4n) is 1.58. The molecule has 2 aromatic heterocycles. The minimum absolute atomic E-state index is 0.309. The molecule has 0 bridgehead atoms. The van der Waals surface area contributed by atoms with Crippen LogP contribution in [0.4, 0.5) is 5.82 Å². The van der Waals surface area contributed by atoms with Gasteiger partial charge in [-0.1, -0.05) is 0 Å². The molecule has 2 rings (SSSR count). The number of aryl methyl sites for hydroxylation is 1. The minimum atomic E-state index is -0.430. The highest BCUT2D eigenvalue weighted by atomic mass is 16.5. The van der Waals surface area contributed by atoms with Gasteiger partial charge in [0.1, 0.15) is 5.56 Å². The second-order valence-corrected chi connectivity index (χ2v) is 3.94. The summed E-state index contributed by atoms with van der Waals surface area (Å²) in [6.45, 7) is 3.81. The highest BCUT2D eigenvalue weighted by molar-refractivity contribution is 5.96. The lowest BCUT2D eigenvalue weighted by atomic mass is 10.2. The number of nitrogens with zero attached hydrogens (tertiary/aromatic N) is 3. The first kappa shape index (κ1) is 13.7. The van der Waals surface area contributed by atoms with E-state index in [1.54, 1.807) is 32.5 Å². The van der Waals surface area contributed by atoms with Crippen LogP contribution in [0.2, 0.25) is 0 Å². The fraction of sp³-hybridized carbons (Fsp3) is 0.231. The van der Waals surface area contributed by atoms with Gasteiger partial charge in [-0.25, -0.2) is 4.79 Å². The molecule has 104 valence electrons. The summed E-state index contributed by atoms with van der Waals surface area (Å²) in [7, 11) is 0. The Balaban J connectivity index is 2.10. The van der Waals surface area contributed by atoms with Crippen molar-refractivity contribution in [1.29, 1.82) is 0 Å². The number of carbonyl (C=O) groups is 1. The highest BCUT2D eigenvalue weighted by Gasteiger charge is 2.18. The van der Waals surface area contributed by atoms with Crippen LogP contribution in [0.25, 0.3) is 0 Å². The van der Waals surface area contributed by atoms with Crippen LogP contribution >= 0.6 is 0 Å². The van der Waals surface area contributed by atoms with E-state index in [2.05, 4.69) is 25.7 Å². The van der Waals surface area contributed by atoms with Crippen LogP contribution in [0.5, 0.6) is 0 Å². The van der Waals surface area contributed by atoms with E-state index in [9.17, 15) is 4.79 Å². The van der Waals surface area contributed by atoms with E-state index in [1.807, 2.05) is 12.1 Å². The van der Waals surface area contributed by atoms with E-state index < -0.39 is 5.97 Å². The zero-order valence-electron chi connectivity index (χ0n) is 11.3. The number of pyridine rings is 1. The summed E-state index contributed by atoms with van der Waals surface area (Å²) >= 11 is 0. The molecule has 2 aromatic rings. The Morgan fingerprint density at radius 2 is 2.25 bits per heavy atom. The molecule has 0 aromatic carbocycles. The molecule has 0 amide bonds. The van der Waals surface area contributed by atoms with E-state index in [4.69, 9.17) is 4.74 Å². The fourth-order valence-corrected chi connectivity index (χ4v) is 1.58. The summed E-state index contributed by atoms with van der Waals surface area (Å²) in [6, 6.07) is 3.63. The second-order valence-electron chi connectivity index (χ2n) is 3.94. The van der Waals surface area contributed by atoms with Crippen molar-refractivity contribution in [3.63, 3.8) is 0 Å². The van der Waals surface area contributed by atoms with Crippen molar-refractivity contribution in [2.75, 3.05) is 12.0 Å². The van der Waals surface area contributed by atoms with E-state index in [0.717, 1.165) is 5.56 Å². The first-order chi connectivity index (χ1) is 9.72. The van der Waals surface area contributed by atoms with Crippen LogP contribution in [-0.2, 0) is 4.74 Å². The molecule has 0 atom stereocenters. The van der Waals surface area contributed by atoms with Crippen LogP contribution < -0.4 is 5.43 Å². The third kappa shape index (κ3) is 3.19. The monoisotopic (exact) mass is 273 g/mol. The van der Waals surface area contributed by atoms with Gasteiger partial charge in [0.15, 0.2) is 5.82 Å². The molecule has 2 N–H and O–H groups in total. The van der Waals surface area contributed by atoms with E-state index >= 15 is 0 Å². The number of aromatic nitrogens is 3. The molecule has 20 heavy (non-hydrogen) atoms. The van der Waals surface area contributed by atoms with Gasteiger partial charge >= 0.3 is 5.97 Å². The van der Waals surface area contributed by atoms with Gasteiger partial charge in [0.25, 0.3) is 0 Å². The van der Waals surface area contributed by atoms with Crippen LogP contribution in [0, 0.1) is 6.92 Å². The quantitative estimate of drug-likeness (QED) is 0.491. The Kier molecular flexibility index (Phi) is 4.43. The van der Waals surface area contributed by atoms with Crippen molar-refractivity contribution in [3.05, 3.63) is 41.3 Å². The summed E-state index contributed by atoms with van der Waals surface area (Å²) in [5.41, 5.74) is 4.60. The SMILES string of the molecule is CCOC(=O)c1c(N/N=C\c2ccncc2)n[nH]c1C. The number of ether oxygens (including phenoxy) is 1. The lowest BCUT2D eigenvalue weighted by Gasteiger charge is -2.02. The molecule has 0 spiro atoms. The summed E-state index contributed by atoms with van der Waals surface area (Å²) < 4.78 is 4.97. The lowest BCUT2D eigenvalue weighted by molar-refractivity contribution is 0.0526. The molecular weight excluding hydrogens is 258 g/mol. The van der Waals surface area contributed by atoms with Gasteiger partial charge in [-0.05, 0) is 31.5 Å². The van der Waals surface area contributed by atoms with Gasteiger partial charge in [-0.2, -0.15) is 10.2 Å². The minimum Gasteiger partial charge on any atom is -0.462 e. The van der Waals surface area contributed by atoms with Crippen molar-refractivity contribution in [2.45, 2.75) is 13.8 Å². The zero-order valence-corrected chi connectivity index (χ0v) is 11.3. The third-order valence-electron chi connectivity index (χ3n) is 2.52. The van der Waals surface area contributed by atoms with E-state index in [0.29, 0.717) is 23.7 Å². The summed E-state index contributed by atoms with van der Waals surface area (Å²) in [4.78, 5) is 15.7.